The molecule has 3 rings (SSSR count). The van der Waals surface area contributed by atoms with Gasteiger partial charge in [0.05, 0.1) is 5.69 Å². The zero-order valence-electron chi connectivity index (χ0n) is 11.6. The van der Waals surface area contributed by atoms with Gasteiger partial charge in [-0.1, -0.05) is 35.0 Å². The van der Waals surface area contributed by atoms with E-state index in [1.54, 1.807) is 22.9 Å². The lowest BCUT2D eigenvalue weighted by Crippen LogP contribution is -2.03. The number of nitrogens with two attached hydrogens (primary N) is 1. The van der Waals surface area contributed by atoms with Gasteiger partial charge in [-0.25, -0.2) is 9.07 Å². The Balaban J connectivity index is 2.22. The first kappa shape index (κ1) is 13.5. The molecule has 2 N–H and O–H groups in total. The zero-order chi connectivity index (χ0) is 14.8. The quantitative estimate of drug-likeness (QED) is 0.803. The van der Waals surface area contributed by atoms with E-state index < -0.39 is 0 Å². The Morgan fingerprint density at radius 1 is 1.10 bits per heavy atom. The summed E-state index contributed by atoms with van der Waals surface area (Å²) in [6.45, 7) is 2.21. The third-order valence-corrected chi connectivity index (χ3v) is 3.34. The Hall–Kier alpha value is -2.53. The Morgan fingerprint density at radius 3 is 2.48 bits per heavy atom. The van der Waals surface area contributed by atoms with Gasteiger partial charge in [-0.15, -0.1) is 5.10 Å². The minimum absolute atomic E-state index is 0.204. The van der Waals surface area contributed by atoms with E-state index in [1.807, 2.05) is 31.2 Å². The van der Waals surface area contributed by atoms with Crippen molar-refractivity contribution in [1.82, 2.24) is 15.0 Å². The van der Waals surface area contributed by atoms with Gasteiger partial charge in [-0.2, -0.15) is 0 Å². The third kappa shape index (κ3) is 2.43. The highest BCUT2D eigenvalue weighted by atomic mass is 19.1. The highest BCUT2D eigenvalue weighted by Gasteiger charge is 2.17. The first-order chi connectivity index (χ1) is 10.2. The van der Waals surface area contributed by atoms with Gasteiger partial charge < -0.3 is 5.73 Å². The van der Waals surface area contributed by atoms with Crippen molar-refractivity contribution in [3.05, 3.63) is 65.6 Å². The van der Waals surface area contributed by atoms with Crippen molar-refractivity contribution >= 4 is 0 Å². The molecule has 4 nitrogen and oxygen atoms in total. The smallest absolute Gasteiger partial charge is 0.132 e. The Morgan fingerprint density at radius 2 is 1.81 bits per heavy atom. The molecule has 5 heteroatoms. The molecule has 0 aliphatic carbocycles. The number of hydrogen-bond donors (Lipinski definition) is 1. The molecule has 1 heterocycles. The van der Waals surface area contributed by atoms with E-state index in [2.05, 4.69) is 10.3 Å². The van der Waals surface area contributed by atoms with Crippen molar-refractivity contribution < 1.29 is 4.39 Å². The average molecular weight is 282 g/mol. The van der Waals surface area contributed by atoms with Crippen LogP contribution in [-0.2, 0) is 6.54 Å². The van der Waals surface area contributed by atoms with Crippen molar-refractivity contribution in [3.8, 4) is 16.9 Å². The Kier molecular flexibility index (Phi) is 3.50. The molecule has 0 saturated heterocycles. The first-order valence-electron chi connectivity index (χ1n) is 6.67. The normalized spacial score (nSPS) is 10.8. The van der Waals surface area contributed by atoms with E-state index in [0.717, 1.165) is 11.3 Å². The molecular weight excluding hydrogens is 267 g/mol. The number of benzene rings is 2. The van der Waals surface area contributed by atoms with Crippen molar-refractivity contribution in [1.29, 1.82) is 0 Å². The van der Waals surface area contributed by atoms with Crippen molar-refractivity contribution in [2.75, 3.05) is 0 Å². The van der Waals surface area contributed by atoms with Gasteiger partial charge in [0, 0.05) is 12.1 Å². The minimum Gasteiger partial charge on any atom is -0.325 e. The number of nitrogens with zero attached hydrogens (tertiary/aromatic N) is 3. The Bertz CT molecular complexity index is 762. The second kappa shape index (κ2) is 5.46. The SMILES string of the molecule is Cc1ccc(-n2nnc(CN)c2-c2ccccc2F)cc1. The molecule has 3 aromatic rings. The minimum atomic E-state index is -0.317. The molecule has 0 bridgehead atoms. The van der Waals surface area contributed by atoms with Gasteiger partial charge in [0.2, 0.25) is 0 Å². The van der Waals surface area contributed by atoms with Gasteiger partial charge in [0.15, 0.2) is 0 Å². The van der Waals surface area contributed by atoms with E-state index in [9.17, 15) is 4.39 Å². The maximum atomic E-state index is 14.1. The van der Waals surface area contributed by atoms with E-state index in [0.29, 0.717) is 17.0 Å². The van der Waals surface area contributed by atoms with Gasteiger partial charge in [-0.05, 0) is 31.2 Å². The van der Waals surface area contributed by atoms with Gasteiger partial charge in [0.25, 0.3) is 0 Å². The van der Waals surface area contributed by atoms with Crippen LogP contribution in [0.2, 0.25) is 0 Å². The second-order valence-electron chi connectivity index (χ2n) is 4.82. The maximum Gasteiger partial charge on any atom is 0.132 e. The van der Waals surface area contributed by atoms with Gasteiger partial charge in [-0.3, -0.25) is 0 Å². The molecule has 0 atom stereocenters. The van der Waals surface area contributed by atoms with Crippen LogP contribution in [0.1, 0.15) is 11.3 Å². The van der Waals surface area contributed by atoms with Crippen LogP contribution < -0.4 is 5.73 Å². The summed E-state index contributed by atoms with van der Waals surface area (Å²) in [5.41, 5.74) is 9.30. The standard InChI is InChI=1S/C16H15FN4/c1-11-6-8-12(9-7-11)21-16(15(10-18)19-20-21)13-4-2-3-5-14(13)17/h2-9H,10,18H2,1H3. The van der Waals surface area contributed by atoms with E-state index in [-0.39, 0.29) is 12.4 Å². The monoisotopic (exact) mass is 282 g/mol. The summed E-state index contributed by atoms with van der Waals surface area (Å²) in [6.07, 6.45) is 0. The van der Waals surface area contributed by atoms with Gasteiger partial charge >= 0.3 is 0 Å². The number of aromatic nitrogens is 3. The molecule has 0 unspecified atom stereocenters. The van der Waals surface area contributed by atoms with Crippen LogP contribution in [0, 0.1) is 12.7 Å². The molecule has 1 aromatic heterocycles. The number of rotatable bonds is 3. The first-order valence-corrected chi connectivity index (χ1v) is 6.67. The van der Waals surface area contributed by atoms with Crippen LogP contribution >= 0.6 is 0 Å². The lowest BCUT2D eigenvalue weighted by Gasteiger charge is -2.09. The maximum absolute atomic E-state index is 14.1. The molecule has 0 saturated carbocycles. The average Bonchev–Trinajstić information content (AvgIpc) is 2.92. The van der Waals surface area contributed by atoms with E-state index in [4.69, 9.17) is 5.73 Å². The largest absolute Gasteiger partial charge is 0.325 e. The molecule has 2 aromatic carbocycles. The fourth-order valence-electron chi connectivity index (χ4n) is 2.24. The molecular formula is C16H15FN4. The molecule has 106 valence electrons. The van der Waals surface area contributed by atoms with Crippen LogP contribution in [0.15, 0.2) is 48.5 Å². The predicted octanol–water partition coefficient (Wildman–Crippen LogP) is 2.84. The van der Waals surface area contributed by atoms with Crippen molar-refractivity contribution in [3.63, 3.8) is 0 Å². The lowest BCUT2D eigenvalue weighted by atomic mass is 10.1. The molecule has 0 aliphatic heterocycles. The second-order valence-corrected chi connectivity index (χ2v) is 4.82. The lowest BCUT2D eigenvalue weighted by molar-refractivity contribution is 0.629. The van der Waals surface area contributed by atoms with Crippen LogP contribution in [0.5, 0.6) is 0 Å². The van der Waals surface area contributed by atoms with Crippen LogP contribution in [0.3, 0.4) is 0 Å². The molecule has 0 spiro atoms. The third-order valence-electron chi connectivity index (χ3n) is 3.34. The summed E-state index contributed by atoms with van der Waals surface area (Å²) in [7, 11) is 0. The summed E-state index contributed by atoms with van der Waals surface area (Å²) in [5, 5.41) is 8.20. The zero-order valence-corrected chi connectivity index (χ0v) is 11.6. The van der Waals surface area contributed by atoms with E-state index >= 15 is 0 Å². The van der Waals surface area contributed by atoms with E-state index in [1.165, 1.54) is 6.07 Å². The van der Waals surface area contributed by atoms with Crippen LogP contribution in [-0.4, -0.2) is 15.0 Å². The number of halogens is 1. The van der Waals surface area contributed by atoms with Crippen molar-refractivity contribution in [2.24, 2.45) is 5.73 Å². The van der Waals surface area contributed by atoms with Crippen molar-refractivity contribution in [2.45, 2.75) is 13.5 Å². The summed E-state index contributed by atoms with van der Waals surface area (Å²) in [5.74, 6) is -0.317. The molecule has 0 fully saturated rings. The molecule has 0 amide bonds. The highest BCUT2D eigenvalue weighted by Crippen LogP contribution is 2.27. The summed E-state index contributed by atoms with van der Waals surface area (Å²) in [4.78, 5) is 0. The fourth-order valence-corrected chi connectivity index (χ4v) is 2.24. The van der Waals surface area contributed by atoms with Crippen LogP contribution in [0.4, 0.5) is 4.39 Å². The summed E-state index contributed by atoms with van der Waals surface area (Å²) >= 11 is 0. The number of aryl methyl sites for hydroxylation is 1. The molecule has 21 heavy (non-hydrogen) atoms. The van der Waals surface area contributed by atoms with Gasteiger partial charge in [0.1, 0.15) is 17.2 Å². The topological polar surface area (TPSA) is 56.7 Å². The summed E-state index contributed by atoms with van der Waals surface area (Å²) < 4.78 is 15.7. The summed E-state index contributed by atoms with van der Waals surface area (Å²) in [6, 6.07) is 14.4. The Labute approximate surface area is 122 Å². The predicted molar refractivity (Wildman–Crippen MR) is 79.4 cm³/mol. The highest BCUT2D eigenvalue weighted by molar-refractivity contribution is 5.65. The fraction of sp³-hybridized carbons (Fsp3) is 0.125. The molecule has 0 radical (unpaired) electrons. The number of hydrogen-bond acceptors (Lipinski definition) is 3. The van der Waals surface area contributed by atoms with Crippen LogP contribution in [0.25, 0.3) is 16.9 Å². The molecule has 0 aliphatic rings.